The van der Waals surface area contributed by atoms with Crippen LogP contribution in [0.3, 0.4) is 0 Å². The molecule has 0 amide bonds. The number of benzene rings is 4. The van der Waals surface area contributed by atoms with Crippen LogP contribution in [0.4, 0.5) is 0 Å². The maximum absolute atomic E-state index is 12.8. The minimum Gasteiger partial charge on any atom is -0.507 e. The molecule has 8 saturated carbocycles. The Bertz CT molecular complexity index is 2450. The summed E-state index contributed by atoms with van der Waals surface area (Å²) in [7, 11) is 0. The van der Waals surface area contributed by atoms with Crippen molar-refractivity contribution < 1.29 is 41.2 Å². The molecule has 8 aliphatic rings. The van der Waals surface area contributed by atoms with Crippen molar-refractivity contribution in [2.45, 2.75) is 167 Å². The molecule has 0 unspecified atom stereocenters. The van der Waals surface area contributed by atoms with Gasteiger partial charge < -0.3 is 29.8 Å². The number of nitrogens with zero attached hydrogens (tertiary/aromatic N) is 1. The van der Waals surface area contributed by atoms with Crippen LogP contribution in [-0.4, -0.2) is 20.8 Å². The van der Waals surface area contributed by atoms with Crippen LogP contribution < -0.4 is 4.74 Å². The summed E-state index contributed by atoms with van der Waals surface area (Å²) in [5, 5.41) is 25.6. The van der Waals surface area contributed by atoms with Gasteiger partial charge in [0.2, 0.25) is 0 Å². The Labute approximate surface area is 429 Å². The van der Waals surface area contributed by atoms with Crippen LogP contribution >= 0.6 is 0 Å². The maximum Gasteiger partial charge on any atom is 0.127 e. The number of phenolic OH excluding ortho intramolecular Hbond substituents is 2. The average Bonchev–Trinajstić information content (AvgIpc) is 3.21. The molecule has 68 heavy (non-hydrogen) atoms. The number of phenols is 2. The molecule has 0 aliphatic heterocycles. The fourth-order valence-electron chi connectivity index (χ4n) is 15.3. The molecule has 0 saturated heterocycles. The van der Waals surface area contributed by atoms with Crippen LogP contribution in [0.25, 0.3) is 44.8 Å². The van der Waals surface area contributed by atoms with Crippen LogP contribution in [0.2, 0.25) is 0 Å². The average molecular weight is 990 g/mol. The Morgan fingerprint density at radius 1 is 0.456 bits per heavy atom. The first-order valence-electron chi connectivity index (χ1n) is 25.4. The molecule has 0 atom stereocenters. The number of hydrogen-bond acceptors (Lipinski definition) is 4. The van der Waals surface area contributed by atoms with Crippen molar-refractivity contribution in [1.29, 1.82) is 0 Å². The first kappa shape index (κ1) is 50.7. The third-order valence-electron chi connectivity index (χ3n) is 17.4. The normalized spacial score (nSPS) is 27.8. The van der Waals surface area contributed by atoms with Gasteiger partial charge in [-0.1, -0.05) is 102 Å². The predicted molar refractivity (Wildman–Crippen MR) is 280 cm³/mol. The largest absolute Gasteiger partial charge is 0.507 e. The molecule has 1 heterocycles. The molecule has 8 fully saturated rings. The van der Waals surface area contributed by atoms with Gasteiger partial charge >= 0.3 is 0 Å². The summed E-state index contributed by atoms with van der Waals surface area (Å²) < 4.78 is 6.77. The Balaban J connectivity index is 0.00000208. The van der Waals surface area contributed by atoms with E-state index in [4.69, 9.17) is 9.72 Å². The van der Waals surface area contributed by atoms with Gasteiger partial charge in [-0.15, -0.1) is 0 Å². The minimum atomic E-state index is -0.451. The van der Waals surface area contributed by atoms with Gasteiger partial charge in [0.25, 0.3) is 0 Å². The van der Waals surface area contributed by atoms with E-state index in [9.17, 15) is 10.2 Å². The first-order chi connectivity index (χ1) is 30.7. The fourth-order valence-corrected chi connectivity index (χ4v) is 15.3. The minimum absolute atomic E-state index is 0. The molecule has 5 aromatic rings. The van der Waals surface area contributed by atoms with Crippen LogP contribution in [0.15, 0.2) is 84.9 Å². The van der Waals surface area contributed by atoms with E-state index in [0.29, 0.717) is 11.5 Å². The monoisotopic (exact) mass is 988 g/mol. The SMILES string of the molecule is CC(C)(C)Oc1cc(-c2ccccc2-c2cc(C(C)(C)C)cc(C34CC5CC(CC(C5)C3)C4)c2O)nc(-c2ccccc2-c2cc(C(C)(C)C)cc(C34CC5CC(CC(C5)C3)C4)c2O)c1.[CH3-].[CH3-].[Zr]. The fraction of sp³-hybridized carbons (Fsp3) is 0.508. The molecule has 13 rings (SSSR count). The summed E-state index contributed by atoms with van der Waals surface area (Å²) in [5.74, 6) is 6.26. The molecule has 2 N–H and O–H groups in total. The Morgan fingerprint density at radius 3 is 1.06 bits per heavy atom. The number of ether oxygens (including phenoxy) is 1. The summed E-state index contributed by atoms with van der Waals surface area (Å²) in [6.07, 6.45) is 15.3. The van der Waals surface area contributed by atoms with Crippen molar-refractivity contribution in [3.63, 3.8) is 0 Å². The Kier molecular flexibility index (Phi) is 13.3. The molecule has 5 heteroatoms. The number of pyridine rings is 1. The van der Waals surface area contributed by atoms with Gasteiger partial charge in [0.05, 0.1) is 11.4 Å². The van der Waals surface area contributed by atoms with Gasteiger partial charge in [0.15, 0.2) is 0 Å². The van der Waals surface area contributed by atoms with Gasteiger partial charge in [0.1, 0.15) is 22.8 Å². The van der Waals surface area contributed by atoms with Crippen LogP contribution in [0.1, 0.15) is 162 Å². The molecule has 360 valence electrons. The van der Waals surface area contributed by atoms with Gasteiger partial charge in [-0.3, -0.25) is 0 Å². The number of hydrogen-bond donors (Lipinski definition) is 2. The second-order valence-corrected chi connectivity index (χ2v) is 25.6. The van der Waals surface area contributed by atoms with E-state index in [1.165, 1.54) is 99.3 Å². The number of aromatic nitrogens is 1. The van der Waals surface area contributed by atoms with Crippen LogP contribution in [0.5, 0.6) is 17.2 Å². The second-order valence-electron chi connectivity index (χ2n) is 25.6. The van der Waals surface area contributed by atoms with Crippen molar-refractivity contribution in [2.24, 2.45) is 35.5 Å². The molecular formula is C63H79NO3Zr-2. The van der Waals surface area contributed by atoms with Crippen molar-refractivity contribution in [1.82, 2.24) is 4.98 Å². The Morgan fingerprint density at radius 2 is 0.765 bits per heavy atom. The zero-order chi connectivity index (χ0) is 45.4. The first-order valence-corrected chi connectivity index (χ1v) is 25.4. The van der Waals surface area contributed by atoms with E-state index in [2.05, 4.69) is 147 Å². The summed E-state index contributed by atoms with van der Waals surface area (Å²) in [5.41, 5.74) is 11.6. The molecule has 0 radical (unpaired) electrons. The third-order valence-corrected chi connectivity index (χ3v) is 17.4. The topological polar surface area (TPSA) is 62.6 Å². The maximum atomic E-state index is 12.8. The molecule has 8 aliphatic carbocycles. The van der Waals surface area contributed by atoms with Gasteiger partial charge in [-0.2, -0.15) is 0 Å². The number of aromatic hydroxyl groups is 2. The van der Waals surface area contributed by atoms with Gasteiger partial charge in [0, 0.05) is 71.7 Å². The van der Waals surface area contributed by atoms with E-state index in [1.54, 1.807) is 0 Å². The molecule has 1 aromatic heterocycles. The summed E-state index contributed by atoms with van der Waals surface area (Å²) in [6, 6.07) is 30.5. The summed E-state index contributed by atoms with van der Waals surface area (Å²) in [6.45, 7) is 20.1. The quantitative estimate of drug-likeness (QED) is 0.160. The second kappa shape index (κ2) is 17.9. The zero-order valence-electron chi connectivity index (χ0n) is 43.3. The van der Waals surface area contributed by atoms with Gasteiger partial charge in [-0.25, -0.2) is 4.98 Å². The molecule has 4 nitrogen and oxygen atoms in total. The molecule has 8 bridgehead atoms. The number of rotatable bonds is 7. The van der Waals surface area contributed by atoms with E-state index >= 15 is 0 Å². The van der Waals surface area contributed by atoms with Crippen LogP contribution in [0, 0.1) is 50.4 Å². The molecular weight excluding hydrogens is 910 g/mol. The van der Waals surface area contributed by atoms with Gasteiger partial charge in [-0.05, 0) is 189 Å². The van der Waals surface area contributed by atoms with Crippen molar-refractivity contribution in [3.8, 4) is 62.0 Å². The predicted octanol–water partition coefficient (Wildman–Crippen LogP) is 16.8. The summed E-state index contributed by atoms with van der Waals surface area (Å²) in [4.78, 5) is 5.59. The van der Waals surface area contributed by atoms with E-state index in [1.807, 2.05) is 0 Å². The Hall–Kier alpha value is -3.69. The molecule has 0 spiro atoms. The zero-order valence-corrected chi connectivity index (χ0v) is 45.7. The van der Waals surface area contributed by atoms with Crippen LogP contribution in [-0.2, 0) is 47.9 Å². The summed E-state index contributed by atoms with van der Waals surface area (Å²) >= 11 is 0. The van der Waals surface area contributed by atoms with E-state index in [-0.39, 0.29) is 62.7 Å². The van der Waals surface area contributed by atoms with Crippen molar-refractivity contribution in [3.05, 3.63) is 122 Å². The van der Waals surface area contributed by atoms with E-state index in [0.717, 1.165) is 86.0 Å². The standard InChI is InChI=1S/C61H73NO3.2CH3.Zr/c1-57(2,3)42-24-49(55(63)51(26-42)60-30-36-18-37(31-60)20-38(19-36)32-60)45-14-10-12-16-47(45)53-28-44(65-59(7,8)9)29-54(62-53)48-17-13-11-15-46(48)50-25-43(58(4,5)6)27-52(56(50)64)61-33-39-21-40(34-61)23-41(22-39)35-61;;;/h10-17,24-29,36-41,63-64H,18-23,30-35H2,1-9H3;2*1H3;/q;2*-1;. The molecule has 4 aromatic carbocycles. The van der Waals surface area contributed by atoms with Crippen molar-refractivity contribution >= 4 is 0 Å². The third kappa shape index (κ3) is 9.00. The smallest absolute Gasteiger partial charge is 0.127 e. The van der Waals surface area contributed by atoms with Crippen molar-refractivity contribution in [2.75, 3.05) is 0 Å². The van der Waals surface area contributed by atoms with E-state index < -0.39 is 5.60 Å².